The van der Waals surface area contributed by atoms with Gasteiger partial charge in [0.1, 0.15) is 5.75 Å². The zero-order chi connectivity index (χ0) is 13.1. The predicted molar refractivity (Wildman–Crippen MR) is 68.5 cm³/mol. The lowest BCUT2D eigenvalue weighted by atomic mass is 10.2. The molecular formula is C13H19N3O2. The number of likely N-dealkylation sites (N-methyl/N-ethyl adjacent to an activating group) is 1. The maximum Gasteiger partial charge on any atom is 0.255 e. The minimum absolute atomic E-state index is 0.0282. The number of aromatic nitrogens is 1. The van der Waals surface area contributed by atoms with Crippen LogP contribution in [-0.2, 0) is 0 Å². The van der Waals surface area contributed by atoms with E-state index >= 15 is 0 Å². The summed E-state index contributed by atoms with van der Waals surface area (Å²) in [6.07, 6.45) is 3.80. The van der Waals surface area contributed by atoms with Crippen LogP contribution in [0.5, 0.6) is 5.75 Å². The van der Waals surface area contributed by atoms with E-state index in [0.717, 1.165) is 26.1 Å². The van der Waals surface area contributed by atoms with Gasteiger partial charge in [0.15, 0.2) is 0 Å². The Hall–Kier alpha value is -1.62. The Bertz CT molecular complexity index is 436. The average molecular weight is 249 g/mol. The monoisotopic (exact) mass is 249 g/mol. The first kappa shape index (κ1) is 12.8. The molecular weight excluding hydrogens is 230 g/mol. The van der Waals surface area contributed by atoms with E-state index < -0.39 is 0 Å². The summed E-state index contributed by atoms with van der Waals surface area (Å²) in [5, 5.41) is 9.38. The molecule has 0 aliphatic carbocycles. The van der Waals surface area contributed by atoms with Crippen LogP contribution >= 0.6 is 0 Å². The molecule has 1 fully saturated rings. The van der Waals surface area contributed by atoms with Crippen LogP contribution in [0.25, 0.3) is 0 Å². The van der Waals surface area contributed by atoms with Crippen LogP contribution in [0.3, 0.4) is 0 Å². The molecule has 2 heterocycles. The Morgan fingerprint density at radius 1 is 1.44 bits per heavy atom. The van der Waals surface area contributed by atoms with Gasteiger partial charge < -0.3 is 14.9 Å². The van der Waals surface area contributed by atoms with Gasteiger partial charge in [-0.05, 0) is 33.0 Å². The van der Waals surface area contributed by atoms with Crippen molar-refractivity contribution in [1.82, 2.24) is 14.8 Å². The van der Waals surface area contributed by atoms with E-state index in [9.17, 15) is 9.90 Å². The number of aromatic hydroxyl groups is 1. The molecule has 1 aliphatic rings. The zero-order valence-electron chi connectivity index (χ0n) is 10.8. The summed E-state index contributed by atoms with van der Waals surface area (Å²) in [5.41, 5.74) is 0.450. The molecule has 1 unspecified atom stereocenters. The molecule has 0 saturated carbocycles. The van der Waals surface area contributed by atoms with Crippen LogP contribution in [0, 0.1) is 0 Å². The Kier molecular flexibility index (Phi) is 3.81. The summed E-state index contributed by atoms with van der Waals surface area (Å²) < 4.78 is 0. The number of rotatable bonds is 1. The van der Waals surface area contributed by atoms with E-state index in [0.29, 0.717) is 5.56 Å². The molecule has 1 atom stereocenters. The van der Waals surface area contributed by atoms with Crippen LogP contribution in [0.4, 0.5) is 0 Å². The summed E-state index contributed by atoms with van der Waals surface area (Å²) in [5.74, 6) is -0.0263. The fourth-order valence-electron chi connectivity index (χ4n) is 2.38. The molecule has 5 heteroatoms. The summed E-state index contributed by atoms with van der Waals surface area (Å²) in [6, 6.07) is 1.64. The Labute approximate surface area is 107 Å². The first-order valence-electron chi connectivity index (χ1n) is 6.21. The van der Waals surface area contributed by atoms with Crippen molar-refractivity contribution >= 4 is 5.91 Å². The van der Waals surface area contributed by atoms with Gasteiger partial charge in [0.2, 0.25) is 0 Å². The zero-order valence-corrected chi connectivity index (χ0v) is 10.8. The van der Waals surface area contributed by atoms with Crippen LogP contribution in [0.2, 0.25) is 0 Å². The maximum atomic E-state index is 12.4. The van der Waals surface area contributed by atoms with Gasteiger partial charge >= 0.3 is 0 Å². The molecule has 1 aliphatic heterocycles. The van der Waals surface area contributed by atoms with E-state index in [1.54, 1.807) is 0 Å². The molecule has 1 amide bonds. The van der Waals surface area contributed by atoms with E-state index in [1.807, 2.05) is 4.90 Å². The first-order chi connectivity index (χ1) is 8.58. The van der Waals surface area contributed by atoms with Gasteiger partial charge in [-0.2, -0.15) is 0 Å². The minimum Gasteiger partial charge on any atom is -0.506 e. The Morgan fingerprint density at radius 2 is 2.22 bits per heavy atom. The highest BCUT2D eigenvalue weighted by Crippen LogP contribution is 2.15. The molecule has 2 rings (SSSR count). The number of hydrogen-bond donors (Lipinski definition) is 1. The number of nitrogens with zero attached hydrogens (tertiary/aromatic N) is 3. The van der Waals surface area contributed by atoms with Crippen LogP contribution in [-0.4, -0.2) is 58.5 Å². The van der Waals surface area contributed by atoms with Crippen molar-refractivity contribution in [2.24, 2.45) is 0 Å². The molecule has 5 nitrogen and oxygen atoms in total. The van der Waals surface area contributed by atoms with E-state index in [2.05, 4.69) is 23.9 Å². The summed E-state index contributed by atoms with van der Waals surface area (Å²) in [7, 11) is 2.07. The fraction of sp³-hybridized carbons (Fsp3) is 0.538. The summed E-state index contributed by atoms with van der Waals surface area (Å²) >= 11 is 0. The molecule has 0 bridgehead atoms. The van der Waals surface area contributed by atoms with Gasteiger partial charge in [-0.1, -0.05) is 0 Å². The molecule has 1 saturated heterocycles. The second-order valence-electron chi connectivity index (χ2n) is 4.90. The first-order valence-corrected chi connectivity index (χ1v) is 6.21. The fourth-order valence-corrected chi connectivity index (χ4v) is 2.38. The van der Waals surface area contributed by atoms with E-state index in [4.69, 9.17) is 0 Å². The standard InChI is InChI=1S/C13H19N3O2/c1-10-9-15(2)4-3-5-16(10)13(18)11-6-12(17)8-14-7-11/h6-8,10,17H,3-5,9H2,1-2H3. The van der Waals surface area contributed by atoms with Gasteiger partial charge in [0.05, 0.1) is 11.8 Å². The number of carbonyl (C=O) groups is 1. The third-order valence-corrected chi connectivity index (χ3v) is 3.28. The topological polar surface area (TPSA) is 56.7 Å². The van der Waals surface area contributed by atoms with Crippen LogP contribution in [0.1, 0.15) is 23.7 Å². The third-order valence-electron chi connectivity index (χ3n) is 3.28. The highest BCUT2D eigenvalue weighted by atomic mass is 16.3. The molecule has 0 radical (unpaired) electrons. The second-order valence-corrected chi connectivity index (χ2v) is 4.90. The highest BCUT2D eigenvalue weighted by molar-refractivity contribution is 5.94. The number of hydrogen-bond acceptors (Lipinski definition) is 4. The summed E-state index contributed by atoms with van der Waals surface area (Å²) in [6.45, 7) is 4.68. The molecule has 98 valence electrons. The normalized spacial score (nSPS) is 21.7. The lowest BCUT2D eigenvalue weighted by molar-refractivity contribution is 0.0695. The van der Waals surface area contributed by atoms with Crippen LogP contribution in [0.15, 0.2) is 18.5 Å². The van der Waals surface area contributed by atoms with Gasteiger partial charge in [0, 0.05) is 25.3 Å². The number of amides is 1. The largest absolute Gasteiger partial charge is 0.506 e. The molecule has 1 aromatic heterocycles. The maximum absolute atomic E-state index is 12.4. The quantitative estimate of drug-likeness (QED) is 0.805. The molecule has 1 aromatic rings. The van der Waals surface area contributed by atoms with E-state index in [1.165, 1.54) is 18.5 Å². The number of carbonyl (C=O) groups excluding carboxylic acids is 1. The van der Waals surface area contributed by atoms with Crippen molar-refractivity contribution in [3.8, 4) is 5.75 Å². The summed E-state index contributed by atoms with van der Waals surface area (Å²) in [4.78, 5) is 20.3. The van der Waals surface area contributed by atoms with Gasteiger partial charge in [0.25, 0.3) is 5.91 Å². The van der Waals surface area contributed by atoms with E-state index in [-0.39, 0.29) is 17.7 Å². The third kappa shape index (κ3) is 2.79. The Balaban J connectivity index is 2.17. The lowest BCUT2D eigenvalue weighted by Gasteiger charge is -2.28. The molecule has 18 heavy (non-hydrogen) atoms. The minimum atomic E-state index is -0.0544. The van der Waals surface area contributed by atoms with Crippen molar-refractivity contribution in [3.05, 3.63) is 24.0 Å². The second kappa shape index (κ2) is 5.35. The van der Waals surface area contributed by atoms with Crippen LogP contribution < -0.4 is 0 Å². The van der Waals surface area contributed by atoms with Crippen molar-refractivity contribution in [2.45, 2.75) is 19.4 Å². The van der Waals surface area contributed by atoms with Crippen molar-refractivity contribution in [1.29, 1.82) is 0 Å². The predicted octanol–water partition coefficient (Wildman–Crippen LogP) is 0.953. The van der Waals surface area contributed by atoms with Crippen molar-refractivity contribution in [2.75, 3.05) is 26.7 Å². The van der Waals surface area contributed by atoms with Crippen molar-refractivity contribution < 1.29 is 9.90 Å². The number of pyridine rings is 1. The highest BCUT2D eigenvalue weighted by Gasteiger charge is 2.25. The van der Waals surface area contributed by atoms with Gasteiger partial charge in [-0.3, -0.25) is 9.78 Å². The SMILES string of the molecule is CC1CN(C)CCCN1C(=O)c1cncc(O)c1. The average Bonchev–Trinajstić information content (AvgIpc) is 2.49. The Morgan fingerprint density at radius 3 is 2.94 bits per heavy atom. The van der Waals surface area contributed by atoms with Gasteiger partial charge in [-0.15, -0.1) is 0 Å². The smallest absolute Gasteiger partial charge is 0.255 e. The molecule has 1 N–H and O–H groups in total. The van der Waals surface area contributed by atoms with Crippen molar-refractivity contribution in [3.63, 3.8) is 0 Å². The van der Waals surface area contributed by atoms with Gasteiger partial charge in [-0.25, -0.2) is 0 Å². The molecule has 0 aromatic carbocycles. The molecule has 0 spiro atoms. The lowest BCUT2D eigenvalue weighted by Crippen LogP contribution is -2.42.